The minimum Gasteiger partial charge on any atom is -0.462 e. The van der Waals surface area contributed by atoms with Crippen LogP contribution in [0.15, 0.2) is 36.5 Å². The van der Waals surface area contributed by atoms with Gasteiger partial charge in [-0.15, -0.1) is 0 Å². The van der Waals surface area contributed by atoms with Crippen LogP contribution in [0.4, 0.5) is 0 Å². The number of hydrogen-bond donors (Lipinski definition) is 0. The molecule has 0 bridgehead atoms. The minimum absolute atomic E-state index is 0.0785. The zero-order valence-corrected chi connectivity index (χ0v) is 37.9. The number of ether oxygens (including phenoxy) is 3. The summed E-state index contributed by atoms with van der Waals surface area (Å²) in [7, 11) is 0. The van der Waals surface area contributed by atoms with Crippen LogP contribution in [-0.4, -0.2) is 37.2 Å². The van der Waals surface area contributed by atoms with E-state index in [4.69, 9.17) is 14.2 Å². The average Bonchev–Trinajstić information content (AvgIpc) is 3.21. The zero-order chi connectivity index (χ0) is 41.5. The Kier molecular flexibility index (Phi) is 44.4. The molecule has 0 aliphatic rings. The molecule has 0 aliphatic carbocycles. The largest absolute Gasteiger partial charge is 0.462 e. The van der Waals surface area contributed by atoms with E-state index < -0.39 is 6.10 Å². The summed E-state index contributed by atoms with van der Waals surface area (Å²) in [6.45, 7) is 6.56. The highest BCUT2D eigenvalue weighted by atomic mass is 16.6. The summed E-state index contributed by atoms with van der Waals surface area (Å²) in [4.78, 5) is 37.8. The van der Waals surface area contributed by atoms with Crippen molar-refractivity contribution in [1.29, 1.82) is 0 Å². The maximum absolute atomic E-state index is 12.7. The lowest BCUT2D eigenvalue weighted by molar-refractivity contribution is -0.167. The Labute approximate surface area is 353 Å². The topological polar surface area (TPSA) is 78.9 Å². The number of carbonyl (C=O) groups excluding carboxylic acids is 3. The number of rotatable bonds is 44. The van der Waals surface area contributed by atoms with Crippen molar-refractivity contribution in [3.05, 3.63) is 36.5 Å². The van der Waals surface area contributed by atoms with Gasteiger partial charge in [0.2, 0.25) is 0 Å². The van der Waals surface area contributed by atoms with Gasteiger partial charge in [0.25, 0.3) is 0 Å². The normalized spacial score (nSPS) is 12.3. The third-order valence-corrected chi connectivity index (χ3v) is 10.6. The maximum atomic E-state index is 12.7. The molecule has 1 atom stereocenters. The summed E-state index contributed by atoms with van der Waals surface area (Å²) in [6.07, 6.45) is 52.7. The highest BCUT2D eigenvalue weighted by Crippen LogP contribution is 2.14. The van der Waals surface area contributed by atoms with Gasteiger partial charge in [-0.2, -0.15) is 0 Å². The average molecular weight is 801 g/mol. The van der Waals surface area contributed by atoms with E-state index in [1.165, 1.54) is 122 Å². The van der Waals surface area contributed by atoms with Crippen molar-refractivity contribution in [3.8, 4) is 0 Å². The lowest BCUT2D eigenvalue weighted by Crippen LogP contribution is -2.30. The van der Waals surface area contributed by atoms with Crippen LogP contribution in [0.25, 0.3) is 0 Å². The molecule has 0 aromatic heterocycles. The Bertz CT molecular complexity index is 969. The molecule has 0 N–H and O–H groups in total. The molecule has 0 unspecified atom stereocenters. The van der Waals surface area contributed by atoms with Crippen molar-refractivity contribution >= 4 is 17.9 Å². The van der Waals surface area contributed by atoms with Crippen molar-refractivity contribution in [2.24, 2.45) is 0 Å². The summed E-state index contributed by atoms with van der Waals surface area (Å²) in [5.74, 6) is -0.899. The molecule has 0 aromatic rings. The van der Waals surface area contributed by atoms with E-state index in [1.54, 1.807) is 0 Å². The predicted octanol–water partition coefficient (Wildman–Crippen LogP) is 15.8. The summed E-state index contributed by atoms with van der Waals surface area (Å²) < 4.78 is 16.7. The van der Waals surface area contributed by atoms with E-state index >= 15 is 0 Å². The number of esters is 3. The summed E-state index contributed by atoms with van der Waals surface area (Å²) in [6, 6.07) is 0. The smallest absolute Gasteiger partial charge is 0.306 e. The molecular formula is C51H92O6. The van der Waals surface area contributed by atoms with E-state index in [2.05, 4.69) is 57.2 Å². The van der Waals surface area contributed by atoms with Gasteiger partial charge in [0, 0.05) is 19.3 Å². The predicted molar refractivity (Wildman–Crippen MR) is 242 cm³/mol. The van der Waals surface area contributed by atoms with E-state index in [1.807, 2.05) is 0 Å². The highest BCUT2D eigenvalue weighted by Gasteiger charge is 2.19. The molecule has 0 fully saturated rings. The van der Waals surface area contributed by atoms with Gasteiger partial charge in [-0.1, -0.05) is 198 Å². The summed E-state index contributed by atoms with van der Waals surface area (Å²) in [5.41, 5.74) is 0. The summed E-state index contributed by atoms with van der Waals surface area (Å²) >= 11 is 0. The molecule has 0 aliphatic heterocycles. The standard InChI is InChI=1S/C51H92O6/c1-4-7-10-13-16-19-21-23-25-26-28-29-32-35-38-41-44-50(53)56-47-48(46-55-49(52)43-40-37-34-31-18-15-12-9-6-3)57-51(54)45-42-39-36-33-30-27-24-22-20-17-14-11-8-5-2/h14,17,22,24-26,48H,4-13,15-16,18-21,23,27-47H2,1-3H3/b17-14-,24-22-,26-25-/t48-/m1/s1. The van der Waals surface area contributed by atoms with Gasteiger partial charge in [0.05, 0.1) is 0 Å². The number of carbonyl (C=O) groups is 3. The monoisotopic (exact) mass is 801 g/mol. The Morgan fingerprint density at radius 2 is 0.649 bits per heavy atom. The third-order valence-electron chi connectivity index (χ3n) is 10.6. The van der Waals surface area contributed by atoms with Crippen molar-refractivity contribution in [2.75, 3.05) is 13.2 Å². The Morgan fingerprint density at radius 1 is 0.351 bits per heavy atom. The molecule has 332 valence electrons. The lowest BCUT2D eigenvalue weighted by atomic mass is 10.1. The van der Waals surface area contributed by atoms with Gasteiger partial charge in [-0.3, -0.25) is 14.4 Å². The van der Waals surface area contributed by atoms with E-state index in [-0.39, 0.29) is 31.1 Å². The molecule has 0 aromatic carbocycles. The fraction of sp³-hybridized carbons (Fsp3) is 0.824. The van der Waals surface area contributed by atoms with Crippen molar-refractivity contribution in [2.45, 2.75) is 258 Å². The fourth-order valence-corrected chi connectivity index (χ4v) is 6.86. The first kappa shape index (κ1) is 54.6. The molecule has 0 spiro atoms. The number of unbranched alkanes of at least 4 members (excludes halogenated alkanes) is 27. The van der Waals surface area contributed by atoms with Crippen LogP contribution in [-0.2, 0) is 28.6 Å². The van der Waals surface area contributed by atoms with Crippen molar-refractivity contribution < 1.29 is 28.6 Å². The molecular weight excluding hydrogens is 709 g/mol. The Hall–Kier alpha value is -2.37. The number of hydrogen-bond acceptors (Lipinski definition) is 6. The van der Waals surface area contributed by atoms with Crippen molar-refractivity contribution in [3.63, 3.8) is 0 Å². The van der Waals surface area contributed by atoms with Crippen LogP contribution in [0.2, 0.25) is 0 Å². The minimum atomic E-state index is -0.777. The van der Waals surface area contributed by atoms with E-state index in [0.29, 0.717) is 19.3 Å². The van der Waals surface area contributed by atoms with Crippen LogP contribution >= 0.6 is 0 Å². The molecule has 6 nitrogen and oxygen atoms in total. The van der Waals surface area contributed by atoms with Crippen LogP contribution in [0.5, 0.6) is 0 Å². The SMILES string of the molecule is CCCC/C=C\C/C=C\CCCCCCCC(=O)O[C@@H](COC(=O)CCCCCCC/C=C\CCCCCCCCC)COC(=O)CCCCCCCCCCC. The molecule has 0 saturated heterocycles. The van der Waals surface area contributed by atoms with Gasteiger partial charge in [0.1, 0.15) is 13.2 Å². The first-order valence-electron chi connectivity index (χ1n) is 24.5. The zero-order valence-electron chi connectivity index (χ0n) is 37.9. The molecule has 0 radical (unpaired) electrons. The Balaban J connectivity index is 4.35. The highest BCUT2D eigenvalue weighted by molar-refractivity contribution is 5.71. The Morgan fingerprint density at radius 3 is 1.04 bits per heavy atom. The van der Waals surface area contributed by atoms with Gasteiger partial charge < -0.3 is 14.2 Å². The molecule has 0 saturated carbocycles. The molecule has 0 rings (SSSR count). The first-order chi connectivity index (χ1) is 28.0. The van der Waals surface area contributed by atoms with E-state index in [0.717, 1.165) is 89.9 Å². The van der Waals surface area contributed by atoms with Crippen LogP contribution < -0.4 is 0 Å². The third kappa shape index (κ3) is 44.6. The van der Waals surface area contributed by atoms with Crippen LogP contribution in [0.3, 0.4) is 0 Å². The van der Waals surface area contributed by atoms with Crippen LogP contribution in [0, 0.1) is 0 Å². The maximum Gasteiger partial charge on any atom is 0.306 e. The molecule has 6 heteroatoms. The second kappa shape index (κ2) is 46.3. The van der Waals surface area contributed by atoms with Gasteiger partial charge in [-0.05, 0) is 70.6 Å². The number of allylic oxidation sites excluding steroid dienone is 6. The quantitative estimate of drug-likeness (QED) is 0.0264. The molecule has 0 heterocycles. The van der Waals surface area contributed by atoms with E-state index in [9.17, 15) is 14.4 Å². The van der Waals surface area contributed by atoms with Gasteiger partial charge >= 0.3 is 17.9 Å². The molecule has 0 amide bonds. The fourth-order valence-electron chi connectivity index (χ4n) is 6.86. The first-order valence-corrected chi connectivity index (χ1v) is 24.5. The van der Waals surface area contributed by atoms with Gasteiger partial charge in [-0.25, -0.2) is 0 Å². The lowest BCUT2D eigenvalue weighted by Gasteiger charge is -2.18. The summed E-state index contributed by atoms with van der Waals surface area (Å²) in [5, 5.41) is 0. The second-order valence-corrected chi connectivity index (χ2v) is 16.4. The van der Waals surface area contributed by atoms with Crippen LogP contribution in [0.1, 0.15) is 252 Å². The molecule has 57 heavy (non-hydrogen) atoms. The van der Waals surface area contributed by atoms with Gasteiger partial charge in [0.15, 0.2) is 6.10 Å². The van der Waals surface area contributed by atoms with Crippen molar-refractivity contribution in [1.82, 2.24) is 0 Å². The second-order valence-electron chi connectivity index (χ2n) is 16.4.